The van der Waals surface area contributed by atoms with Gasteiger partial charge in [0.1, 0.15) is 0 Å². The van der Waals surface area contributed by atoms with E-state index in [0.29, 0.717) is 5.69 Å². The molecule has 0 atom stereocenters. The van der Waals surface area contributed by atoms with Crippen LogP contribution in [0.4, 0.5) is 5.69 Å². The SMILES string of the molecule is Cc1cc(O)n(-c2ccc(N)cc2)n1. The van der Waals surface area contributed by atoms with Crippen molar-refractivity contribution in [1.82, 2.24) is 9.78 Å². The molecule has 14 heavy (non-hydrogen) atoms. The molecule has 4 nitrogen and oxygen atoms in total. The first-order valence-corrected chi connectivity index (χ1v) is 4.28. The van der Waals surface area contributed by atoms with Crippen LogP contribution in [0.15, 0.2) is 30.3 Å². The largest absolute Gasteiger partial charge is 0.493 e. The summed E-state index contributed by atoms with van der Waals surface area (Å²) in [7, 11) is 0. The van der Waals surface area contributed by atoms with Gasteiger partial charge in [0.2, 0.25) is 5.88 Å². The van der Waals surface area contributed by atoms with Crippen molar-refractivity contribution in [3.63, 3.8) is 0 Å². The third-order valence-electron chi connectivity index (χ3n) is 1.95. The summed E-state index contributed by atoms with van der Waals surface area (Å²) >= 11 is 0. The molecule has 0 radical (unpaired) electrons. The molecule has 1 heterocycles. The van der Waals surface area contributed by atoms with Gasteiger partial charge in [0, 0.05) is 11.8 Å². The van der Waals surface area contributed by atoms with E-state index in [1.807, 2.05) is 19.1 Å². The van der Waals surface area contributed by atoms with Crippen molar-refractivity contribution in [3.05, 3.63) is 36.0 Å². The van der Waals surface area contributed by atoms with E-state index in [0.717, 1.165) is 11.4 Å². The summed E-state index contributed by atoms with van der Waals surface area (Å²) in [5.41, 5.74) is 7.82. The number of rotatable bonds is 1. The van der Waals surface area contributed by atoms with Gasteiger partial charge in [-0.3, -0.25) is 0 Å². The smallest absolute Gasteiger partial charge is 0.214 e. The monoisotopic (exact) mass is 189 g/mol. The molecule has 0 unspecified atom stereocenters. The molecule has 3 N–H and O–H groups in total. The van der Waals surface area contributed by atoms with Gasteiger partial charge in [-0.05, 0) is 31.2 Å². The first-order chi connectivity index (χ1) is 6.66. The minimum absolute atomic E-state index is 0.132. The minimum Gasteiger partial charge on any atom is -0.493 e. The molecule has 0 aliphatic carbocycles. The van der Waals surface area contributed by atoms with Gasteiger partial charge in [-0.25, -0.2) is 4.68 Å². The van der Waals surface area contributed by atoms with E-state index in [4.69, 9.17) is 5.73 Å². The minimum atomic E-state index is 0.132. The standard InChI is InChI=1S/C10H11N3O/c1-7-6-10(14)13(12-7)9-4-2-8(11)3-5-9/h2-6,14H,11H2,1H3. The summed E-state index contributed by atoms with van der Waals surface area (Å²) in [6.45, 7) is 1.83. The van der Waals surface area contributed by atoms with Crippen molar-refractivity contribution < 1.29 is 5.11 Å². The molecule has 0 bridgehead atoms. The molecule has 1 aromatic heterocycles. The van der Waals surface area contributed by atoms with Crippen LogP contribution < -0.4 is 5.73 Å². The Hall–Kier alpha value is -1.97. The van der Waals surface area contributed by atoms with Gasteiger partial charge in [0.25, 0.3) is 0 Å². The third-order valence-corrected chi connectivity index (χ3v) is 1.95. The third kappa shape index (κ3) is 1.42. The molecule has 1 aromatic carbocycles. The number of anilines is 1. The first kappa shape index (κ1) is 8.62. The number of aromatic nitrogens is 2. The Balaban J connectivity index is 2.49. The van der Waals surface area contributed by atoms with E-state index in [2.05, 4.69) is 5.10 Å². The Morgan fingerprint density at radius 3 is 2.43 bits per heavy atom. The molecule has 0 saturated carbocycles. The number of benzene rings is 1. The summed E-state index contributed by atoms with van der Waals surface area (Å²) in [4.78, 5) is 0. The summed E-state index contributed by atoms with van der Waals surface area (Å²) in [5.74, 6) is 0.132. The van der Waals surface area contributed by atoms with Gasteiger partial charge in [0.15, 0.2) is 0 Å². The van der Waals surface area contributed by atoms with Crippen LogP contribution in [0.2, 0.25) is 0 Å². The maximum absolute atomic E-state index is 9.52. The quantitative estimate of drug-likeness (QED) is 0.667. The van der Waals surface area contributed by atoms with Crippen molar-refractivity contribution in [2.45, 2.75) is 6.92 Å². The highest BCUT2D eigenvalue weighted by molar-refractivity contribution is 5.45. The zero-order valence-corrected chi connectivity index (χ0v) is 7.81. The van der Waals surface area contributed by atoms with Gasteiger partial charge >= 0.3 is 0 Å². The van der Waals surface area contributed by atoms with Crippen LogP contribution in [0, 0.1) is 6.92 Å². The number of nitrogens with zero attached hydrogens (tertiary/aromatic N) is 2. The predicted molar refractivity (Wildman–Crippen MR) is 54.4 cm³/mol. The van der Waals surface area contributed by atoms with Gasteiger partial charge in [0.05, 0.1) is 11.4 Å². The highest BCUT2D eigenvalue weighted by atomic mass is 16.3. The van der Waals surface area contributed by atoms with Crippen LogP contribution in [0.5, 0.6) is 5.88 Å². The highest BCUT2D eigenvalue weighted by Crippen LogP contribution is 2.18. The lowest BCUT2D eigenvalue weighted by Gasteiger charge is -2.02. The van der Waals surface area contributed by atoms with Crippen molar-refractivity contribution >= 4 is 5.69 Å². The number of hydrogen-bond donors (Lipinski definition) is 2. The van der Waals surface area contributed by atoms with E-state index in [9.17, 15) is 5.11 Å². The molecular weight excluding hydrogens is 178 g/mol. The van der Waals surface area contributed by atoms with Crippen molar-refractivity contribution in [3.8, 4) is 11.6 Å². The molecule has 0 fully saturated rings. The molecule has 0 aliphatic heterocycles. The average Bonchev–Trinajstić information content (AvgIpc) is 2.47. The second-order valence-corrected chi connectivity index (χ2v) is 3.15. The second kappa shape index (κ2) is 3.06. The van der Waals surface area contributed by atoms with E-state index in [1.165, 1.54) is 4.68 Å². The maximum Gasteiger partial charge on any atom is 0.214 e. The summed E-state index contributed by atoms with van der Waals surface area (Å²) in [6.07, 6.45) is 0. The fraction of sp³-hybridized carbons (Fsp3) is 0.100. The summed E-state index contributed by atoms with van der Waals surface area (Å²) in [5, 5.41) is 13.7. The number of aryl methyl sites for hydroxylation is 1. The molecular formula is C10H11N3O. The number of hydrogen-bond acceptors (Lipinski definition) is 3. The molecule has 0 spiro atoms. The predicted octanol–water partition coefficient (Wildman–Crippen LogP) is 1.47. The van der Waals surface area contributed by atoms with E-state index >= 15 is 0 Å². The fourth-order valence-electron chi connectivity index (χ4n) is 1.29. The van der Waals surface area contributed by atoms with E-state index < -0.39 is 0 Å². The van der Waals surface area contributed by atoms with Crippen LogP contribution in [0.1, 0.15) is 5.69 Å². The molecule has 2 rings (SSSR count). The lowest BCUT2D eigenvalue weighted by atomic mass is 10.3. The topological polar surface area (TPSA) is 64.1 Å². The molecule has 2 aromatic rings. The molecule has 0 aliphatic rings. The second-order valence-electron chi connectivity index (χ2n) is 3.15. The Morgan fingerprint density at radius 2 is 1.93 bits per heavy atom. The molecule has 4 heteroatoms. The van der Waals surface area contributed by atoms with Gasteiger partial charge in [-0.1, -0.05) is 0 Å². The van der Waals surface area contributed by atoms with Crippen molar-refractivity contribution in [2.24, 2.45) is 0 Å². The lowest BCUT2D eigenvalue weighted by molar-refractivity contribution is 0.433. The normalized spacial score (nSPS) is 10.4. The van der Waals surface area contributed by atoms with Crippen LogP contribution in [-0.2, 0) is 0 Å². The van der Waals surface area contributed by atoms with E-state index in [-0.39, 0.29) is 5.88 Å². The molecule has 72 valence electrons. The summed E-state index contributed by atoms with van der Waals surface area (Å²) < 4.78 is 1.47. The Kier molecular flexibility index (Phi) is 1.89. The van der Waals surface area contributed by atoms with Crippen LogP contribution in [0.25, 0.3) is 5.69 Å². The van der Waals surface area contributed by atoms with Crippen LogP contribution >= 0.6 is 0 Å². The zero-order chi connectivity index (χ0) is 10.1. The highest BCUT2D eigenvalue weighted by Gasteiger charge is 2.04. The van der Waals surface area contributed by atoms with Gasteiger partial charge < -0.3 is 10.8 Å². The fourth-order valence-corrected chi connectivity index (χ4v) is 1.29. The van der Waals surface area contributed by atoms with E-state index in [1.54, 1.807) is 18.2 Å². The lowest BCUT2D eigenvalue weighted by Crippen LogP contribution is -1.96. The summed E-state index contributed by atoms with van der Waals surface area (Å²) in [6, 6.07) is 8.76. The average molecular weight is 189 g/mol. The number of nitrogens with two attached hydrogens (primary N) is 1. The number of nitrogen functional groups attached to an aromatic ring is 1. The van der Waals surface area contributed by atoms with Crippen molar-refractivity contribution in [1.29, 1.82) is 0 Å². The first-order valence-electron chi connectivity index (χ1n) is 4.28. The van der Waals surface area contributed by atoms with Gasteiger partial charge in [-0.2, -0.15) is 5.10 Å². The Bertz CT molecular complexity index is 445. The van der Waals surface area contributed by atoms with Crippen LogP contribution in [-0.4, -0.2) is 14.9 Å². The molecule has 0 amide bonds. The van der Waals surface area contributed by atoms with Gasteiger partial charge in [-0.15, -0.1) is 0 Å². The Labute approximate surface area is 81.6 Å². The zero-order valence-electron chi connectivity index (χ0n) is 7.81. The van der Waals surface area contributed by atoms with Crippen molar-refractivity contribution in [2.75, 3.05) is 5.73 Å². The molecule has 0 saturated heterocycles. The number of aromatic hydroxyl groups is 1. The Morgan fingerprint density at radius 1 is 1.29 bits per heavy atom. The van der Waals surface area contributed by atoms with Crippen LogP contribution in [0.3, 0.4) is 0 Å². The maximum atomic E-state index is 9.52.